The first-order valence-corrected chi connectivity index (χ1v) is 17.8. The predicted molar refractivity (Wildman–Crippen MR) is 173 cm³/mol. The number of hydrogen-bond donors (Lipinski definition) is 4. The van der Waals surface area contributed by atoms with Crippen LogP contribution in [0.25, 0.3) is 11.2 Å². The van der Waals surface area contributed by atoms with Crippen LogP contribution in [0.3, 0.4) is 0 Å². The van der Waals surface area contributed by atoms with Crippen LogP contribution in [-0.4, -0.2) is 115 Å². The van der Waals surface area contributed by atoms with Crippen molar-refractivity contribution in [1.82, 2.24) is 19.5 Å². The van der Waals surface area contributed by atoms with Crippen LogP contribution in [0.2, 0.25) is 5.28 Å². The lowest BCUT2D eigenvalue weighted by atomic mass is 9.97. The van der Waals surface area contributed by atoms with E-state index in [1.165, 1.54) is 24.9 Å². The molecule has 2 aromatic heterocycles. The minimum Gasteiger partial charge on any atom is -0.395 e. The van der Waals surface area contributed by atoms with Crippen molar-refractivity contribution in [3.63, 3.8) is 0 Å². The van der Waals surface area contributed by atoms with E-state index in [2.05, 4.69) is 15.0 Å². The molecule has 0 saturated carbocycles. The van der Waals surface area contributed by atoms with Crippen LogP contribution in [0.4, 0.5) is 10.2 Å². The van der Waals surface area contributed by atoms with Crippen LogP contribution >= 0.6 is 42.9 Å². The average Bonchev–Trinajstić information content (AvgIpc) is 3.44. The van der Waals surface area contributed by atoms with Crippen LogP contribution in [0, 0.1) is 10.8 Å². The number of imidazole rings is 1. The molecule has 5 N–H and O–H groups in total. The molecular formula is C26H42ClFN5O10PS2. The molecule has 0 aromatic carbocycles. The van der Waals surface area contributed by atoms with Gasteiger partial charge in [0.15, 0.2) is 21.7 Å². The number of aliphatic hydroxyl groups is 3. The monoisotopic (exact) mass is 733 g/mol. The number of hydrogen-bond acceptors (Lipinski definition) is 16. The number of alkyl halides is 1. The lowest BCUT2D eigenvalue weighted by molar-refractivity contribution is -0.120. The fourth-order valence-electron chi connectivity index (χ4n) is 3.52. The molecule has 0 aliphatic rings. The van der Waals surface area contributed by atoms with Crippen molar-refractivity contribution in [3.05, 3.63) is 11.6 Å². The second-order valence-electron chi connectivity index (χ2n) is 11.4. The van der Waals surface area contributed by atoms with E-state index in [9.17, 15) is 29.5 Å². The van der Waals surface area contributed by atoms with Gasteiger partial charge in [0.25, 0.3) is 0 Å². The topological polar surface area (TPSA) is 218 Å². The third kappa shape index (κ3) is 11.1. The van der Waals surface area contributed by atoms with Gasteiger partial charge >= 0.3 is 7.82 Å². The lowest BCUT2D eigenvalue weighted by Gasteiger charge is -2.29. The van der Waals surface area contributed by atoms with Gasteiger partial charge in [-0.15, -0.1) is 0 Å². The lowest BCUT2D eigenvalue weighted by Crippen LogP contribution is -2.42. The molecule has 46 heavy (non-hydrogen) atoms. The molecule has 0 amide bonds. The molecule has 2 unspecified atom stereocenters. The number of anilines is 1. The number of ether oxygens (including phenoxy) is 1. The van der Waals surface area contributed by atoms with Gasteiger partial charge in [-0.05, 0) is 46.2 Å². The van der Waals surface area contributed by atoms with Crippen LogP contribution in [0.15, 0.2) is 6.33 Å². The Kier molecular flexibility index (Phi) is 15.8. The van der Waals surface area contributed by atoms with Gasteiger partial charge in [-0.3, -0.25) is 23.2 Å². The Labute approximate surface area is 280 Å². The second kappa shape index (κ2) is 17.8. The number of thioether (sulfide) groups is 2. The Hall–Kier alpha value is -1.44. The molecule has 0 bridgehead atoms. The first-order valence-electron chi connectivity index (χ1n) is 14.0. The fourth-order valence-corrected chi connectivity index (χ4v) is 6.74. The van der Waals surface area contributed by atoms with Crippen LogP contribution in [0.5, 0.6) is 0 Å². The summed E-state index contributed by atoms with van der Waals surface area (Å²) in [6.07, 6.45) is -3.89. The first-order chi connectivity index (χ1) is 21.4. The molecule has 2 heterocycles. The number of nitrogens with two attached hydrogens (primary N) is 1. The van der Waals surface area contributed by atoms with Gasteiger partial charge in [0.1, 0.15) is 23.9 Å². The third-order valence-electron chi connectivity index (χ3n) is 6.76. The quantitative estimate of drug-likeness (QED) is 0.0873. The van der Waals surface area contributed by atoms with Gasteiger partial charge in [-0.25, -0.2) is 13.9 Å². The van der Waals surface area contributed by atoms with E-state index in [1.54, 1.807) is 27.7 Å². The summed E-state index contributed by atoms with van der Waals surface area (Å²) in [5.41, 5.74) is 4.18. The number of nitrogen functional groups attached to an aromatic ring is 1. The van der Waals surface area contributed by atoms with Crippen LogP contribution in [0.1, 0.15) is 40.7 Å². The SMILES string of the molecule is COC(COP(=O)(OCCSC(=O)C(C)(C)CO)OCCSC(=O)C(C)(C)CO)[C@H](O)C(F)[C@H](C)n1cnc2c(N)nc(Cl)nc21. The van der Waals surface area contributed by atoms with Crippen molar-refractivity contribution in [2.75, 3.05) is 57.4 Å². The summed E-state index contributed by atoms with van der Waals surface area (Å²) >= 11 is 7.61. The number of phosphoric ester groups is 1. The number of aromatic nitrogens is 4. The highest BCUT2D eigenvalue weighted by molar-refractivity contribution is 8.14. The van der Waals surface area contributed by atoms with Crippen molar-refractivity contribution >= 4 is 70.2 Å². The number of carbonyl (C=O) groups is 2. The van der Waals surface area contributed by atoms with E-state index in [4.69, 9.17) is 35.6 Å². The van der Waals surface area contributed by atoms with Gasteiger partial charge < -0.3 is 30.4 Å². The van der Waals surface area contributed by atoms with E-state index in [1.807, 2.05) is 0 Å². The Morgan fingerprint density at radius 1 is 1.07 bits per heavy atom. The largest absolute Gasteiger partial charge is 0.474 e. The number of phosphoric acid groups is 1. The molecule has 20 heteroatoms. The van der Waals surface area contributed by atoms with Gasteiger partial charge in [0, 0.05) is 18.6 Å². The van der Waals surface area contributed by atoms with Crippen LogP contribution < -0.4 is 5.73 Å². The van der Waals surface area contributed by atoms with E-state index in [-0.39, 0.29) is 70.4 Å². The Balaban J connectivity index is 2.11. The van der Waals surface area contributed by atoms with E-state index >= 15 is 4.39 Å². The molecule has 0 fully saturated rings. The highest BCUT2D eigenvalue weighted by Gasteiger charge is 2.37. The summed E-state index contributed by atoms with van der Waals surface area (Å²) < 4.78 is 52.0. The normalized spacial score (nSPS) is 15.5. The smallest absolute Gasteiger partial charge is 0.395 e. The van der Waals surface area contributed by atoms with Gasteiger partial charge in [0.2, 0.25) is 5.28 Å². The van der Waals surface area contributed by atoms with Crippen molar-refractivity contribution < 1.29 is 52.2 Å². The number of nitrogens with zero attached hydrogens (tertiary/aromatic N) is 4. The van der Waals surface area contributed by atoms with E-state index in [0.29, 0.717) is 0 Å². The molecule has 0 aliphatic carbocycles. The molecular weight excluding hydrogens is 692 g/mol. The zero-order chi connectivity index (χ0) is 34.9. The Morgan fingerprint density at radius 3 is 2.07 bits per heavy atom. The standard InChI is InChI=1S/C26H42ClFN5O10PS2/c1-15(33-14-30-18-20(29)31-24(27)32-21(18)33)17(28)19(36)16(40-6)11-43-44(39,41-7-9-45-22(37)25(2,3)12-34)42-8-10-46-23(38)26(4,5)13-35/h14-17,19,34-36H,7-13H2,1-6H3,(H2,29,31,32)/t15-,16?,17?,19-/m0/s1. The number of methoxy groups -OCH3 is 1. The molecule has 2 rings (SSSR count). The molecule has 262 valence electrons. The minimum atomic E-state index is -4.41. The number of halogens is 2. The van der Waals surface area contributed by atoms with Gasteiger partial charge in [0.05, 0.1) is 56.2 Å². The second-order valence-corrected chi connectivity index (χ2v) is 15.6. The summed E-state index contributed by atoms with van der Waals surface area (Å²) in [6, 6.07) is -1.06. The summed E-state index contributed by atoms with van der Waals surface area (Å²) in [7, 11) is -3.22. The Bertz CT molecular complexity index is 1330. The zero-order valence-electron chi connectivity index (χ0n) is 26.4. The number of rotatable bonds is 20. The molecule has 0 radical (unpaired) electrons. The summed E-state index contributed by atoms with van der Waals surface area (Å²) in [4.78, 5) is 36.6. The van der Waals surface area contributed by atoms with Crippen LogP contribution in [-0.2, 0) is 32.5 Å². The summed E-state index contributed by atoms with van der Waals surface area (Å²) in [5, 5.41) is 28.9. The highest BCUT2D eigenvalue weighted by Crippen LogP contribution is 2.50. The van der Waals surface area contributed by atoms with Crippen molar-refractivity contribution in [2.24, 2.45) is 10.8 Å². The molecule has 4 atom stereocenters. The minimum absolute atomic E-state index is 0.00410. The number of aliphatic hydroxyl groups excluding tert-OH is 3. The summed E-state index contributed by atoms with van der Waals surface area (Å²) in [6.45, 7) is 5.82. The van der Waals surface area contributed by atoms with E-state index in [0.717, 1.165) is 23.5 Å². The average molecular weight is 734 g/mol. The predicted octanol–water partition coefficient (Wildman–Crippen LogP) is 3.05. The third-order valence-corrected chi connectivity index (χ3v) is 10.8. The maximum Gasteiger partial charge on any atom is 0.474 e. The van der Waals surface area contributed by atoms with Gasteiger partial charge in [-0.1, -0.05) is 23.5 Å². The molecule has 2 aromatic rings. The van der Waals surface area contributed by atoms with Crippen molar-refractivity contribution in [3.8, 4) is 0 Å². The maximum absolute atomic E-state index is 15.7. The number of fused-ring (bicyclic) bond motifs is 1. The maximum atomic E-state index is 15.7. The van der Waals surface area contributed by atoms with Crippen molar-refractivity contribution in [2.45, 2.75) is 59.0 Å². The highest BCUT2D eigenvalue weighted by atomic mass is 35.5. The summed E-state index contributed by atoms with van der Waals surface area (Å²) in [5.74, 6) is 0.0678. The molecule has 0 spiro atoms. The molecule has 0 saturated heterocycles. The molecule has 0 aliphatic heterocycles. The Morgan fingerprint density at radius 2 is 1.59 bits per heavy atom. The first kappa shape index (κ1) is 40.7. The van der Waals surface area contributed by atoms with E-state index < -0.39 is 49.7 Å². The van der Waals surface area contributed by atoms with Gasteiger partial charge in [-0.2, -0.15) is 9.97 Å². The zero-order valence-corrected chi connectivity index (χ0v) is 29.7. The number of carbonyl (C=O) groups excluding carboxylic acids is 2. The fraction of sp³-hybridized carbons (Fsp3) is 0.731. The van der Waals surface area contributed by atoms with Crippen molar-refractivity contribution in [1.29, 1.82) is 0 Å². The molecule has 15 nitrogen and oxygen atoms in total.